The van der Waals surface area contributed by atoms with Gasteiger partial charge in [-0.3, -0.25) is 10.2 Å². The van der Waals surface area contributed by atoms with Crippen LogP contribution in [0.3, 0.4) is 0 Å². The van der Waals surface area contributed by atoms with Crippen LogP contribution in [0.2, 0.25) is 0 Å². The molecule has 100 valence electrons. The molecule has 0 aliphatic carbocycles. The largest absolute Gasteiger partial charge is 0.451 e. The van der Waals surface area contributed by atoms with Gasteiger partial charge in [-0.1, -0.05) is 36.4 Å². The minimum Gasteiger partial charge on any atom is -0.451 e. The van der Waals surface area contributed by atoms with Crippen molar-refractivity contribution in [3.05, 3.63) is 66.4 Å². The Hall–Kier alpha value is -2.24. The number of para-hydroxylation sites is 1. The zero-order valence-corrected chi connectivity index (χ0v) is 11.3. The third kappa shape index (κ3) is 2.84. The Kier molecular flexibility index (Phi) is 3.71. The van der Waals surface area contributed by atoms with Crippen LogP contribution in [0.5, 0.6) is 0 Å². The van der Waals surface area contributed by atoms with E-state index in [9.17, 15) is 4.79 Å². The number of hydrazine groups is 1. The van der Waals surface area contributed by atoms with Crippen molar-refractivity contribution in [2.75, 3.05) is 0 Å². The molecule has 0 unspecified atom stereocenters. The lowest BCUT2D eigenvalue weighted by molar-refractivity contribution is 0.0921. The summed E-state index contributed by atoms with van der Waals surface area (Å²) in [5.74, 6) is -0.0167. The molecule has 4 nitrogen and oxygen atoms in total. The number of nitrogens with one attached hydrogen (secondary N) is 2. The van der Waals surface area contributed by atoms with E-state index in [1.807, 2.05) is 54.6 Å². The highest BCUT2D eigenvalue weighted by atomic mass is 32.2. The van der Waals surface area contributed by atoms with Gasteiger partial charge in [-0.05, 0) is 36.2 Å². The van der Waals surface area contributed by atoms with Crippen LogP contribution < -0.4 is 10.3 Å². The van der Waals surface area contributed by atoms with Crippen LogP contribution in [0.1, 0.15) is 10.6 Å². The monoisotopic (exact) mass is 284 g/mol. The quantitative estimate of drug-likeness (QED) is 0.569. The number of hydrogen-bond acceptors (Lipinski definition) is 4. The average Bonchev–Trinajstić information content (AvgIpc) is 2.92. The van der Waals surface area contributed by atoms with E-state index in [-0.39, 0.29) is 11.7 Å². The summed E-state index contributed by atoms with van der Waals surface area (Å²) in [6.45, 7) is 0. The van der Waals surface area contributed by atoms with Crippen molar-refractivity contribution < 1.29 is 9.21 Å². The zero-order valence-electron chi connectivity index (χ0n) is 10.5. The number of carbonyl (C=O) groups excluding carboxylic acids is 1. The number of carbonyl (C=O) groups is 1. The molecule has 0 saturated heterocycles. The highest BCUT2D eigenvalue weighted by molar-refractivity contribution is 7.97. The average molecular weight is 284 g/mol. The molecule has 0 aliphatic rings. The van der Waals surface area contributed by atoms with Gasteiger partial charge < -0.3 is 4.42 Å². The SMILES string of the molecule is O=C(NNSc1ccccc1)c1cc2ccccc2o1. The van der Waals surface area contributed by atoms with E-state index >= 15 is 0 Å². The summed E-state index contributed by atoms with van der Waals surface area (Å²) in [6.07, 6.45) is 0. The van der Waals surface area contributed by atoms with Gasteiger partial charge >= 0.3 is 5.91 Å². The van der Waals surface area contributed by atoms with Gasteiger partial charge in [0.25, 0.3) is 0 Å². The predicted molar refractivity (Wildman–Crippen MR) is 79.1 cm³/mol. The lowest BCUT2D eigenvalue weighted by Gasteiger charge is -2.04. The van der Waals surface area contributed by atoms with Gasteiger partial charge in [-0.15, -0.1) is 0 Å². The molecule has 0 bridgehead atoms. The van der Waals surface area contributed by atoms with Crippen LogP contribution in [-0.4, -0.2) is 5.91 Å². The molecule has 20 heavy (non-hydrogen) atoms. The Labute approximate surface area is 120 Å². The molecule has 0 aliphatic heterocycles. The van der Waals surface area contributed by atoms with E-state index in [1.54, 1.807) is 6.07 Å². The van der Waals surface area contributed by atoms with Gasteiger partial charge in [0.1, 0.15) is 5.58 Å². The van der Waals surface area contributed by atoms with Gasteiger partial charge in [-0.25, -0.2) is 0 Å². The standard InChI is InChI=1S/C15H12N2O2S/c18-15(16-17-20-12-7-2-1-3-8-12)14-10-11-6-4-5-9-13(11)19-14/h1-10,17H,(H,16,18). The fourth-order valence-corrected chi connectivity index (χ4v) is 2.33. The van der Waals surface area contributed by atoms with Gasteiger partial charge in [0.15, 0.2) is 5.76 Å². The summed E-state index contributed by atoms with van der Waals surface area (Å²) < 4.78 is 5.47. The van der Waals surface area contributed by atoms with Gasteiger partial charge in [0.2, 0.25) is 0 Å². The molecule has 0 fully saturated rings. The number of fused-ring (bicyclic) bond motifs is 1. The number of rotatable bonds is 4. The summed E-state index contributed by atoms with van der Waals surface area (Å²) >= 11 is 1.33. The van der Waals surface area contributed by atoms with E-state index in [1.165, 1.54) is 11.9 Å². The minimum atomic E-state index is -0.301. The molecule has 1 amide bonds. The molecule has 5 heteroatoms. The lowest BCUT2D eigenvalue weighted by atomic mass is 10.2. The maximum absolute atomic E-state index is 11.9. The van der Waals surface area contributed by atoms with Crippen LogP contribution >= 0.6 is 11.9 Å². The van der Waals surface area contributed by atoms with E-state index < -0.39 is 0 Å². The number of benzene rings is 2. The number of hydrogen-bond donors (Lipinski definition) is 2. The second-order valence-electron chi connectivity index (χ2n) is 4.12. The van der Waals surface area contributed by atoms with Crippen LogP contribution in [0.25, 0.3) is 11.0 Å². The molecule has 0 atom stereocenters. The molecule has 3 aromatic rings. The number of amides is 1. The van der Waals surface area contributed by atoms with Gasteiger partial charge in [0, 0.05) is 10.3 Å². The Morgan fingerprint density at radius 3 is 2.55 bits per heavy atom. The second-order valence-corrected chi connectivity index (χ2v) is 5.00. The Morgan fingerprint density at radius 1 is 1.00 bits per heavy atom. The van der Waals surface area contributed by atoms with Crippen molar-refractivity contribution in [1.29, 1.82) is 0 Å². The van der Waals surface area contributed by atoms with Crippen molar-refractivity contribution in [2.45, 2.75) is 4.90 Å². The summed E-state index contributed by atoms with van der Waals surface area (Å²) in [5.41, 5.74) is 3.29. The molecule has 1 aromatic heterocycles. The van der Waals surface area contributed by atoms with Crippen molar-refractivity contribution in [1.82, 2.24) is 10.3 Å². The highest BCUT2D eigenvalue weighted by Gasteiger charge is 2.11. The van der Waals surface area contributed by atoms with Crippen LogP contribution in [0, 0.1) is 0 Å². The van der Waals surface area contributed by atoms with Gasteiger partial charge in [0.05, 0.1) is 0 Å². The van der Waals surface area contributed by atoms with Crippen molar-refractivity contribution >= 4 is 28.8 Å². The molecule has 0 spiro atoms. The molecule has 2 aromatic carbocycles. The minimum absolute atomic E-state index is 0.285. The lowest BCUT2D eigenvalue weighted by Crippen LogP contribution is -2.32. The van der Waals surface area contributed by atoms with Crippen molar-refractivity contribution in [3.8, 4) is 0 Å². The first kappa shape index (κ1) is 12.8. The summed E-state index contributed by atoms with van der Waals surface area (Å²) in [5, 5.41) is 0.911. The van der Waals surface area contributed by atoms with Crippen molar-refractivity contribution in [2.24, 2.45) is 0 Å². The van der Waals surface area contributed by atoms with E-state index in [2.05, 4.69) is 10.3 Å². The van der Waals surface area contributed by atoms with Crippen LogP contribution in [0.15, 0.2) is 70.0 Å². The molecule has 0 radical (unpaired) electrons. The van der Waals surface area contributed by atoms with E-state index in [0.29, 0.717) is 5.58 Å². The van der Waals surface area contributed by atoms with E-state index in [0.717, 1.165) is 10.3 Å². The third-order valence-corrected chi connectivity index (χ3v) is 3.44. The predicted octanol–water partition coefficient (Wildman–Crippen LogP) is 3.37. The summed E-state index contributed by atoms with van der Waals surface area (Å²) in [4.78, 5) is 15.7. The molecule has 3 rings (SSSR count). The maximum atomic E-state index is 11.9. The Bertz CT molecular complexity index is 692. The zero-order chi connectivity index (χ0) is 13.8. The normalized spacial score (nSPS) is 10.6. The first-order valence-electron chi connectivity index (χ1n) is 6.09. The molecule has 1 heterocycles. The number of furan rings is 1. The molecule has 0 saturated carbocycles. The maximum Gasteiger partial charge on any atom is 0.301 e. The van der Waals surface area contributed by atoms with Crippen LogP contribution in [0.4, 0.5) is 0 Å². The first-order valence-corrected chi connectivity index (χ1v) is 6.90. The molecular formula is C15H12N2O2S. The van der Waals surface area contributed by atoms with Gasteiger partial charge in [-0.2, -0.15) is 4.83 Å². The first-order chi connectivity index (χ1) is 9.83. The Morgan fingerprint density at radius 2 is 1.75 bits per heavy atom. The van der Waals surface area contributed by atoms with E-state index in [4.69, 9.17) is 4.42 Å². The second kappa shape index (κ2) is 5.81. The Balaban J connectivity index is 1.61. The smallest absolute Gasteiger partial charge is 0.301 e. The molecular weight excluding hydrogens is 272 g/mol. The fourth-order valence-electron chi connectivity index (χ4n) is 1.77. The van der Waals surface area contributed by atoms with Crippen LogP contribution in [-0.2, 0) is 0 Å². The highest BCUT2D eigenvalue weighted by Crippen LogP contribution is 2.18. The topological polar surface area (TPSA) is 54.3 Å². The fraction of sp³-hybridized carbons (Fsp3) is 0. The summed E-state index contributed by atoms with van der Waals surface area (Å²) in [6, 6.07) is 18.9. The summed E-state index contributed by atoms with van der Waals surface area (Å²) in [7, 11) is 0. The third-order valence-electron chi connectivity index (χ3n) is 2.73. The molecule has 2 N–H and O–H groups in total. The van der Waals surface area contributed by atoms with Crippen molar-refractivity contribution in [3.63, 3.8) is 0 Å².